The van der Waals surface area contributed by atoms with Gasteiger partial charge in [0.05, 0.1) is 12.8 Å². The molecule has 0 radical (unpaired) electrons. The molecule has 0 atom stereocenters. The highest BCUT2D eigenvalue weighted by atomic mass is 32.1. The predicted molar refractivity (Wildman–Crippen MR) is 152 cm³/mol. The Balaban J connectivity index is 1.51. The predicted octanol–water partition coefficient (Wildman–Crippen LogP) is 6.63. The van der Waals surface area contributed by atoms with Crippen LogP contribution in [-0.4, -0.2) is 45.5 Å². The molecule has 1 aliphatic rings. The number of hydrogen-bond donors (Lipinski definition) is 0. The Hall–Kier alpha value is -2.67. The first-order valence-corrected chi connectivity index (χ1v) is 14.1. The number of ether oxygens (including phenoxy) is 1. The summed E-state index contributed by atoms with van der Waals surface area (Å²) >= 11 is 1.79. The summed E-state index contributed by atoms with van der Waals surface area (Å²) in [6.07, 6.45) is 5.95. The number of aromatic nitrogens is 3. The highest BCUT2D eigenvalue weighted by molar-refractivity contribution is 7.15. The van der Waals surface area contributed by atoms with Crippen LogP contribution in [0.1, 0.15) is 87.8 Å². The molecule has 37 heavy (non-hydrogen) atoms. The zero-order valence-electron chi connectivity index (χ0n) is 23.9. The van der Waals surface area contributed by atoms with Crippen LogP contribution in [0.2, 0.25) is 0 Å². The topological polar surface area (TPSA) is 60.2 Å². The number of likely N-dealkylation sites (tertiary alicyclic amines) is 1. The molecule has 200 valence electrons. The molecule has 0 saturated carbocycles. The fraction of sp³-hybridized carbons (Fsp3) is 0.567. The van der Waals surface area contributed by atoms with Crippen LogP contribution in [0.5, 0.6) is 5.75 Å². The van der Waals surface area contributed by atoms with Gasteiger partial charge >= 0.3 is 0 Å². The van der Waals surface area contributed by atoms with E-state index in [9.17, 15) is 4.79 Å². The van der Waals surface area contributed by atoms with Gasteiger partial charge in [-0.25, -0.2) is 9.97 Å². The average Bonchev–Trinajstić information content (AvgIpc) is 3.43. The van der Waals surface area contributed by atoms with Crippen molar-refractivity contribution in [1.82, 2.24) is 19.4 Å². The van der Waals surface area contributed by atoms with Gasteiger partial charge in [0.25, 0.3) is 0 Å². The van der Waals surface area contributed by atoms with E-state index in [2.05, 4.69) is 64.9 Å². The Labute approximate surface area is 226 Å². The van der Waals surface area contributed by atoms with Crippen molar-refractivity contribution in [2.45, 2.75) is 91.5 Å². The summed E-state index contributed by atoms with van der Waals surface area (Å²) in [5.74, 6) is 2.49. The molecule has 1 saturated heterocycles. The molecule has 1 aliphatic heterocycles. The maximum Gasteiger partial charge on any atom is 0.242 e. The first-order chi connectivity index (χ1) is 17.3. The van der Waals surface area contributed by atoms with Gasteiger partial charge in [-0.3, -0.25) is 4.79 Å². The molecular weight excluding hydrogens is 480 g/mol. The second-order valence-electron chi connectivity index (χ2n) is 12.4. The zero-order chi connectivity index (χ0) is 27.1. The molecule has 3 aromatic rings. The second-order valence-corrected chi connectivity index (χ2v) is 13.4. The Bertz CT molecular complexity index is 1230. The number of rotatable bonds is 5. The summed E-state index contributed by atoms with van der Waals surface area (Å²) in [4.78, 5) is 25.5. The highest BCUT2D eigenvalue weighted by Gasteiger charge is 2.29. The molecule has 0 unspecified atom stereocenters. The normalized spacial score (nSPS) is 15.3. The SMILES string of the molecule is COc1c(C(C)(C)C)cc(-c2ncc(C3CCN(C(=O)Cn4cc(C)nc4C)CC3)s2)cc1C(C)(C)C. The number of methoxy groups -OCH3 is 1. The van der Waals surface area contributed by atoms with Crippen LogP contribution in [0, 0.1) is 13.8 Å². The minimum Gasteiger partial charge on any atom is -0.496 e. The lowest BCUT2D eigenvalue weighted by atomic mass is 9.78. The smallest absolute Gasteiger partial charge is 0.242 e. The number of amides is 1. The molecule has 0 N–H and O–H groups in total. The second kappa shape index (κ2) is 10.2. The van der Waals surface area contributed by atoms with E-state index in [0.29, 0.717) is 12.5 Å². The summed E-state index contributed by atoms with van der Waals surface area (Å²) < 4.78 is 7.89. The monoisotopic (exact) mass is 522 g/mol. The molecule has 0 spiro atoms. The fourth-order valence-corrected chi connectivity index (χ4v) is 6.25. The van der Waals surface area contributed by atoms with Gasteiger partial charge in [-0.2, -0.15) is 0 Å². The molecule has 0 bridgehead atoms. The van der Waals surface area contributed by atoms with E-state index in [-0.39, 0.29) is 16.7 Å². The average molecular weight is 523 g/mol. The van der Waals surface area contributed by atoms with E-state index < -0.39 is 0 Å². The van der Waals surface area contributed by atoms with Gasteiger partial charge in [0, 0.05) is 47.1 Å². The van der Waals surface area contributed by atoms with E-state index in [0.717, 1.165) is 53.8 Å². The number of benzene rings is 1. The van der Waals surface area contributed by atoms with Crippen LogP contribution in [0.25, 0.3) is 10.6 Å². The van der Waals surface area contributed by atoms with Crippen LogP contribution in [0.3, 0.4) is 0 Å². The largest absolute Gasteiger partial charge is 0.496 e. The number of hydrogen-bond acceptors (Lipinski definition) is 5. The summed E-state index contributed by atoms with van der Waals surface area (Å²) in [6.45, 7) is 19.3. The van der Waals surface area contributed by atoms with Crippen LogP contribution < -0.4 is 4.74 Å². The van der Waals surface area contributed by atoms with Gasteiger partial charge < -0.3 is 14.2 Å². The molecule has 1 amide bonds. The number of carbonyl (C=O) groups is 1. The van der Waals surface area contributed by atoms with Crippen molar-refractivity contribution in [2.24, 2.45) is 0 Å². The number of piperidine rings is 1. The van der Waals surface area contributed by atoms with Crippen molar-refractivity contribution in [1.29, 1.82) is 0 Å². The van der Waals surface area contributed by atoms with E-state index in [1.807, 2.05) is 29.5 Å². The minimum absolute atomic E-state index is 0.0469. The molecule has 4 rings (SSSR count). The lowest BCUT2D eigenvalue weighted by Crippen LogP contribution is -2.39. The minimum atomic E-state index is -0.0469. The number of nitrogens with zero attached hydrogens (tertiary/aromatic N) is 4. The Morgan fingerprint density at radius 2 is 1.65 bits per heavy atom. The van der Waals surface area contributed by atoms with Gasteiger partial charge in [0.15, 0.2) is 0 Å². The van der Waals surface area contributed by atoms with E-state index >= 15 is 0 Å². The molecular formula is C30H42N4O2S. The van der Waals surface area contributed by atoms with E-state index in [1.54, 1.807) is 18.4 Å². The molecule has 6 nitrogen and oxygen atoms in total. The summed E-state index contributed by atoms with van der Waals surface area (Å²) in [7, 11) is 1.77. The molecule has 1 fully saturated rings. The van der Waals surface area contributed by atoms with Crippen LogP contribution in [0.15, 0.2) is 24.5 Å². The van der Waals surface area contributed by atoms with Gasteiger partial charge in [-0.1, -0.05) is 41.5 Å². The van der Waals surface area contributed by atoms with Crippen molar-refractivity contribution < 1.29 is 9.53 Å². The third-order valence-corrected chi connectivity index (χ3v) is 8.54. The summed E-state index contributed by atoms with van der Waals surface area (Å²) in [5, 5.41) is 1.05. The first kappa shape index (κ1) is 27.4. The third kappa shape index (κ3) is 5.92. The van der Waals surface area contributed by atoms with Gasteiger partial charge in [0.2, 0.25) is 5.91 Å². The zero-order valence-corrected chi connectivity index (χ0v) is 24.8. The first-order valence-electron chi connectivity index (χ1n) is 13.2. The Morgan fingerprint density at radius 3 is 2.14 bits per heavy atom. The molecule has 0 aliphatic carbocycles. The lowest BCUT2D eigenvalue weighted by Gasteiger charge is -2.31. The van der Waals surface area contributed by atoms with Crippen LogP contribution in [0.4, 0.5) is 0 Å². The summed E-state index contributed by atoms with van der Waals surface area (Å²) in [5.41, 5.74) is 4.44. The maximum absolute atomic E-state index is 12.9. The van der Waals surface area contributed by atoms with Crippen molar-refractivity contribution in [2.75, 3.05) is 20.2 Å². The molecule has 7 heteroatoms. The van der Waals surface area contributed by atoms with Crippen molar-refractivity contribution >= 4 is 17.2 Å². The van der Waals surface area contributed by atoms with Gasteiger partial charge in [-0.15, -0.1) is 11.3 Å². The molecule has 3 heterocycles. The van der Waals surface area contributed by atoms with Crippen molar-refractivity contribution in [3.8, 4) is 16.3 Å². The molecule has 1 aromatic carbocycles. The van der Waals surface area contributed by atoms with E-state index in [4.69, 9.17) is 9.72 Å². The number of thiazole rings is 1. The van der Waals surface area contributed by atoms with Crippen LogP contribution >= 0.6 is 11.3 Å². The standard InChI is InChI=1S/C30H42N4O2S/c1-19-17-34(20(2)32-19)18-26(35)33-12-10-21(11-13-33)25-16-31-28(37-25)22-14-23(29(3,4)5)27(36-9)24(15-22)30(6,7)8/h14-17,21H,10-13,18H2,1-9H3. The van der Waals surface area contributed by atoms with Gasteiger partial charge in [-0.05, 0) is 55.6 Å². The van der Waals surface area contributed by atoms with Gasteiger partial charge in [0.1, 0.15) is 23.1 Å². The lowest BCUT2D eigenvalue weighted by molar-refractivity contribution is -0.132. The van der Waals surface area contributed by atoms with Crippen molar-refractivity contribution in [3.05, 3.63) is 52.0 Å². The van der Waals surface area contributed by atoms with E-state index in [1.165, 1.54) is 16.0 Å². The third-order valence-electron chi connectivity index (χ3n) is 7.33. The molecule has 2 aromatic heterocycles. The maximum atomic E-state index is 12.9. The van der Waals surface area contributed by atoms with Crippen LogP contribution in [-0.2, 0) is 22.2 Å². The van der Waals surface area contributed by atoms with Crippen molar-refractivity contribution in [3.63, 3.8) is 0 Å². The Kier molecular flexibility index (Phi) is 7.57. The number of aryl methyl sites for hydroxylation is 2. The summed E-state index contributed by atoms with van der Waals surface area (Å²) in [6, 6.07) is 4.52. The Morgan fingerprint density at radius 1 is 1.05 bits per heavy atom. The quantitative estimate of drug-likeness (QED) is 0.377. The number of carbonyl (C=O) groups excluding carboxylic acids is 1. The highest BCUT2D eigenvalue weighted by Crippen LogP contribution is 2.44. The fourth-order valence-electron chi connectivity index (χ4n) is 5.18. The number of imidazole rings is 1.